The van der Waals surface area contributed by atoms with Gasteiger partial charge < -0.3 is 5.73 Å². The molecule has 0 fully saturated rings. The number of hydrogen-bond donors (Lipinski definition) is 1. The third kappa shape index (κ3) is 1.78. The molecule has 0 radical (unpaired) electrons. The van der Waals surface area contributed by atoms with Crippen molar-refractivity contribution in [2.75, 3.05) is 0 Å². The van der Waals surface area contributed by atoms with Crippen molar-refractivity contribution in [1.29, 1.82) is 0 Å². The normalized spacial score (nSPS) is 11.0. The van der Waals surface area contributed by atoms with Crippen LogP contribution in [0.2, 0.25) is 5.02 Å². The highest BCUT2D eigenvalue weighted by atomic mass is 35.5. The van der Waals surface area contributed by atoms with Crippen LogP contribution in [0.5, 0.6) is 0 Å². The lowest BCUT2D eigenvalue weighted by molar-refractivity contribution is 1.00. The zero-order valence-corrected chi connectivity index (χ0v) is 10.4. The number of fused-ring (bicyclic) bond motifs is 1. The standard InChI is InChI=1S/C14H12ClN3/c15-11-5-6-13(10(7-11)8-16)18-9-17-12-3-1-2-4-14(12)18/h1-7,9H,8,16H2. The molecule has 0 unspecified atom stereocenters. The second-order valence-corrected chi connectivity index (χ2v) is 4.52. The number of para-hydroxylation sites is 2. The Balaban J connectivity index is 2.26. The number of aromatic nitrogens is 2. The molecule has 0 aliphatic heterocycles. The maximum absolute atomic E-state index is 5.99. The van der Waals surface area contributed by atoms with Crippen LogP contribution in [0.3, 0.4) is 0 Å². The summed E-state index contributed by atoms with van der Waals surface area (Å²) in [6.07, 6.45) is 1.81. The predicted molar refractivity (Wildman–Crippen MR) is 74.0 cm³/mol. The monoisotopic (exact) mass is 257 g/mol. The molecule has 2 N–H and O–H groups in total. The van der Waals surface area contributed by atoms with Crippen molar-refractivity contribution in [1.82, 2.24) is 9.55 Å². The Morgan fingerprint density at radius 1 is 1.17 bits per heavy atom. The quantitative estimate of drug-likeness (QED) is 0.767. The van der Waals surface area contributed by atoms with E-state index >= 15 is 0 Å². The van der Waals surface area contributed by atoms with Gasteiger partial charge in [0, 0.05) is 11.6 Å². The third-order valence-electron chi connectivity index (χ3n) is 2.97. The summed E-state index contributed by atoms with van der Waals surface area (Å²) in [7, 11) is 0. The van der Waals surface area contributed by atoms with Gasteiger partial charge in [-0.15, -0.1) is 0 Å². The first-order valence-corrected chi connectivity index (χ1v) is 6.08. The van der Waals surface area contributed by atoms with E-state index in [4.69, 9.17) is 17.3 Å². The SMILES string of the molecule is NCc1cc(Cl)ccc1-n1cnc2ccccc21. The summed E-state index contributed by atoms with van der Waals surface area (Å²) in [5.41, 5.74) is 9.84. The van der Waals surface area contributed by atoms with E-state index in [2.05, 4.69) is 4.98 Å². The molecular weight excluding hydrogens is 246 g/mol. The molecule has 2 aromatic carbocycles. The Labute approximate surface area is 110 Å². The fraction of sp³-hybridized carbons (Fsp3) is 0.0714. The van der Waals surface area contributed by atoms with Crippen LogP contribution >= 0.6 is 11.6 Å². The van der Waals surface area contributed by atoms with E-state index in [0.29, 0.717) is 11.6 Å². The Morgan fingerprint density at radius 3 is 2.83 bits per heavy atom. The Bertz CT molecular complexity index is 703. The molecule has 0 aliphatic carbocycles. The maximum Gasteiger partial charge on any atom is 0.100 e. The molecule has 90 valence electrons. The smallest absolute Gasteiger partial charge is 0.100 e. The summed E-state index contributed by atoms with van der Waals surface area (Å²) in [5.74, 6) is 0. The lowest BCUT2D eigenvalue weighted by atomic mass is 10.1. The van der Waals surface area contributed by atoms with E-state index in [9.17, 15) is 0 Å². The molecule has 0 aliphatic rings. The first-order chi connectivity index (χ1) is 8.79. The molecular formula is C14H12ClN3. The highest BCUT2D eigenvalue weighted by Gasteiger charge is 2.08. The number of nitrogens with zero attached hydrogens (tertiary/aromatic N) is 2. The summed E-state index contributed by atoms with van der Waals surface area (Å²) in [6.45, 7) is 0.447. The lowest BCUT2D eigenvalue weighted by Crippen LogP contribution is -2.03. The first-order valence-electron chi connectivity index (χ1n) is 5.70. The van der Waals surface area contributed by atoms with Gasteiger partial charge in [-0.1, -0.05) is 23.7 Å². The number of halogens is 1. The van der Waals surface area contributed by atoms with E-state index in [1.807, 2.05) is 53.4 Å². The molecule has 0 spiro atoms. The number of hydrogen-bond acceptors (Lipinski definition) is 2. The maximum atomic E-state index is 5.99. The second-order valence-electron chi connectivity index (χ2n) is 4.08. The van der Waals surface area contributed by atoms with E-state index in [1.54, 1.807) is 0 Å². The molecule has 3 aromatic rings. The van der Waals surface area contributed by atoms with Gasteiger partial charge >= 0.3 is 0 Å². The number of imidazole rings is 1. The molecule has 3 rings (SSSR count). The minimum atomic E-state index is 0.447. The number of benzene rings is 2. The Hall–Kier alpha value is -1.84. The highest BCUT2D eigenvalue weighted by Crippen LogP contribution is 2.23. The predicted octanol–water partition coefficient (Wildman–Crippen LogP) is 3.14. The van der Waals surface area contributed by atoms with Gasteiger partial charge in [-0.3, -0.25) is 4.57 Å². The zero-order valence-electron chi connectivity index (χ0n) is 9.68. The molecule has 0 saturated heterocycles. The van der Waals surface area contributed by atoms with Crippen LogP contribution in [0, 0.1) is 0 Å². The van der Waals surface area contributed by atoms with E-state index in [0.717, 1.165) is 22.3 Å². The van der Waals surface area contributed by atoms with Gasteiger partial charge in [-0.05, 0) is 35.9 Å². The summed E-state index contributed by atoms with van der Waals surface area (Å²) in [5, 5.41) is 0.698. The molecule has 0 amide bonds. The lowest BCUT2D eigenvalue weighted by Gasteiger charge is -2.10. The molecule has 4 heteroatoms. The fourth-order valence-corrected chi connectivity index (χ4v) is 2.30. The Kier molecular flexibility index (Phi) is 2.78. The first kappa shape index (κ1) is 11.3. The zero-order chi connectivity index (χ0) is 12.5. The molecule has 0 saturated carbocycles. The van der Waals surface area contributed by atoms with Crippen LogP contribution < -0.4 is 5.73 Å². The minimum Gasteiger partial charge on any atom is -0.326 e. The van der Waals surface area contributed by atoms with Crippen molar-refractivity contribution >= 4 is 22.6 Å². The van der Waals surface area contributed by atoms with Crippen molar-refractivity contribution in [3.05, 3.63) is 59.4 Å². The summed E-state index contributed by atoms with van der Waals surface area (Å²) < 4.78 is 2.04. The fourth-order valence-electron chi connectivity index (χ4n) is 2.10. The van der Waals surface area contributed by atoms with E-state index in [1.165, 1.54) is 0 Å². The largest absolute Gasteiger partial charge is 0.326 e. The summed E-state index contributed by atoms with van der Waals surface area (Å²) in [4.78, 5) is 4.38. The van der Waals surface area contributed by atoms with Crippen LogP contribution in [0.4, 0.5) is 0 Å². The van der Waals surface area contributed by atoms with Crippen molar-refractivity contribution in [3.63, 3.8) is 0 Å². The van der Waals surface area contributed by atoms with Crippen LogP contribution in [-0.4, -0.2) is 9.55 Å². The molecule has 18 heavy (non-hydrogen) atoms. The van der Waals surface area contributed by atoms with E-state index in [-0.39, 0.29) is 0 Å². The van der Waals surface area contributed by atoms with Crippen LogP contribution in [0.1, 0.15) is 5.56 Å². The highest BCUT2D eigenvalue weighted by molar-refractivity contribution is 6.30. The van der Waals surface area contributed by atoms with Crippen molar-refractivity contribution in [2.45, 2.75) is 6.54 Å². The van der Waals surface area contributed by atoms with Gasteiger partial charge in [0.25, 0.3) is 0 Å². The summed E-state index contributed by atoms with van der Waals surface area (Å²) in [6, 6.07) is 13.7. The van der Waals surface area contributed by atoms with Crippen molar-refractivity contribution in [2.24, 2.45) is 5.73 Å². The third-order valence-corrected chi connectivity index (χ3v) is 3.21. The average molecular weight is 258 g/mol. The second kappa shape index (κ2) is 4.44. The van der Waals surface area contributed by atoms with Crippen LogP contribution in [0.25, 0.3) is 16.7 Å². The van der Waals surface area contributed by atoms with Crippen molar-refractivity contribution in [3.8, 4) is 5.69 Å². The summed E-state index contributed by atoms with van der Waals surface area (Å²) >= 11 is 5.99. The van der Waals surface area contributed by atoms with Crippen LogP contribution in [-0.2, 0) is 6.54 Å². The Morgan fingerprint density at radius 2 is 2.00 bits per heavy atom. The van der Waals surface area contributed by atoms with Gasteiger partial charge in [0.05, 0.1) is 16.7 Å². The van der Waals surface area contributed by atoms with Gasteiger partial charge in [0.1, 0.15) is 6.33 Å². The van der Waals surface area contributed by atoms with Gasteiger partial charge in [0.15, 0.2) is 0 Å². The minimum absolute atomic E-state index is 0.447. The molecule has 3 nitrogen and oxygen atoms in total. The van der Waals surface area contributed by atoms with Crippen molar-refractivity contribution < 1.29 is 0 Å². The molecule has 0 atom stereocenters. The topological polar surface area (TPSA) is 43.8 Å². The number of rotatable bonds is 2. The molecule has 1 heterocycles. The van der Waals surface area contributed by atoms with Gasteiger partial charge in [0.2, 0.25) is 0 Å². The van der Waals surface area contributed by atoms with Gasteiger partial charge in [-0.2, -0.15) is 0 Å². The van der Waals surface area contributed by atoms with E-state index < -0.39 is 0 Å². The van der Waals surface area contributed by atoms with Gasteiger partial charge in [-0.25, -0.2) is 4.98 Å². The average Bonchev–Trinajstić information content (AvgIpc) is 2.82. The molecule has 0 bridgehead atoms. The molecule has 1 aromatic heterocycles. The number of nitrogens with two attached hydrogens (primary N) is 1. The van der Waals surface area contributed by atoms with Crippen LogP contribution in [0.15, 0.2) is 48.8 Å².